The van der Waals surface area contributed by atoms with E-state index in [1.807, 2.05) is 26.0 Å². The topological polar surface area (TPSA) is 46.3 Å². The van der Waals surface area contributed by atoms with E-state index in [-0.39, 0.29) is 11.9 Å². The molecule has 0 spiro atoms. The summed E-state index contributed by atoms with van der Waals surface area (Å²) < 4.78 is 0. The fourth-order valence-electron chi connectivity index (χ4n) is 1.69. The zero-order chi connectivity index (χ0) is 12.8. The Hall–Kier alpha value is -1.06. The maximum Gasteiger partial charge on any atom is 0.227 e. The van der Waals surface area contributed by atoms with Crippen LogP contribution in [-0.4, -0.2) is 29.9 Å². The van der Waals surface area contributed by atoms with Crippen molar-refractivity contribution >= 4 is 17.5 Å². The zero-order valence-electron chi connectivity index (χ0n) is 10.3. The lowest BCUT2D eigenvalue weighted by molar-refractivity contribution is -0.132. The van der Waals surface area contributed by atoms with Crippen LogP contribution in [0, 0.1) is 0 Å². The van der Waals surface area contributed by atoms with Crippen molar-refractivity contribution in [2.24, 2.45) is 5.73 Å². The smallest absolute Gasteiger partial charge is 0.227 e. The minimum Gasteiger partial charge on any atom is -0.339 e. The number of carbonyl (C=O) groups excluding carboxylic acids is 1. The molecule has 0 heterocycles. The molecule has 94 valence electrons. The first-order valence-electron chi connectivity index (χ1n) is 5.78. The zero-order valence-corrected chi connectivity index (χ0v) is 11.1. The SMILES string of the molecule is CC(C)N(CCN)C(=O)Cc1ccc(Cl)cc1. The lowest BCUT2D eigenvalue weighted by Crippen LogP contribution is -2.41. The van der Waals surface area contributed by atoms with Gasteiger partial charge in [-0.25, -0.2) is 0 Å². The fourth-order valence-corrected chi connectivity index (χ4v) is 1.81. The van der Waals surface area contributed by atoms with Gasteiger partial charge >= 0.3 is 0 Å². The van der Waals surface area contributed by atoms with Crippen LogP contribution in [0.5, 0.6) is 0 Å². The molecule has 0 atom stereocenters. The van der Waals surface area contributed by atoms with Gasteiger partial charge in [-0.2, -0.15) is 0 Å². The summed E-state index contributed by atoms with van der Waals surface area (Å²) in [4.78, 5) is 13.9. The Morgan fingerprint density at radius 1 is 1.35 bits per heavy atom. The van der Waals surface area contributed by atoms with Crippen molar-refractivity contribution in [1.29, 1.82) is 0 Å². The predicted molar refractivity (Wildman–Crippen MR) is 71.1 cm³/mol. The van der Waals surface area contributed by atoms with E-state index in [2.05, 4.69) is 0 Å². The van der Waals surface area contributed by atoms with Crippen molar-refractivity contribution in [2.75, 3.05) is 13.1 Å². The van der Waals surface area contributed by atoms with Gasteiger partial charge in [-0.3, -0.25) is 4.79 Å². The Bertz CT molecular complexity index is 362. The van der Waals surface area contributed by atoms with Gasteiger partial charge in [-0.1, -0.05) is 23.7 Å². The summed E-state index contributed by atoms with van der Waals surface area (Å²) in [6.45, 7) is 5.08. The molecular weight excluding hydrogens is 236 g/mol. The second-order valence-electron chi connectivity index (χ2n) is 4.27. The summed E-state index contributed by atoms with van der Waals surface area (Å²) in [5.74, 6) is 0.104. The molecule has 1 aromatic carbocycles. The molecule has 0 saturated carbocycles. The highest BCUT2D eigenvalue weighted by Crippen LogP contribution is 2.11. The van der Waals surface area contributed by atoms with E-state index in [9.17, 15) is 4.79 Å². The Balaban J connectivity index is 2.66. The fraction of sp³-hybridized carbons (Fsp3) is 0.462. The van der Waals surface area contributed by atoms with Gasteiger partial charge in [0.05, 0.1) is 6.42 Å². The van der Waals surface area contributed by atoms with E-state index in [0.29, 0.717) is 24.5 Å². The molecule has 0 aliphatic rings. The molecule has 4 heteroatoms. The van der Waals surface area contributed by atoms with Crippen molar-refractivity contribution in [3.63, 3.8) is 0 Å². The molecule has 3 nitrogen and oxygen atoms in total. The first-order chi connectivity index (χ1) is 8.04. The molecule has 0 bridgehead atoms. The first-order valence-corrected chi connectivity index (χ1v) is 6.16. The summed E-state index contributed by atoms with van der Waals surface area (Å²) in [5.41, 5.74) is 6.48. The van der Waals surface area contributed by atoms with Crippen LogP contribution in [0.25, 0.3) is 0 Å². The number of benzene rings is 1. The maximum atomic E-state index is 12.1. The summed E-state index contributed by atoms with van der Waals surface area (Å²) >= 11 is 5.80. The number of nitrogens with zero attached hydrogens (tertiary/aromatic N) is 1. The van der Waals surface area contributed by atoms with Crippen molar-refractivity contribution in [3.05, 3.63) is 34.9 Å². The van der Waals surface area contributed by atoms with E-state index in [1.54, 1.807) is 17.0 Å². The molecular formula is C13H19ClN2O. The third-order valence-electron chi connectivity index (χ3n) is 2.58. The van der Waals surface area contributed by atoms with Gasteiger partial charge in [-0.15, -0.1) is 0 Å². The second-order valence-corrected chi connectivity index (χ2v) is 4.71. The van der Waals surface area contributed by atoms with Gasteiger partial charge in [-0.05, 0) is 31.5 Å². The standard InChI is InChI=1S/C13H19ClN2O/c1-10(2)16(8-7-15)13(17)9-11-3-5-12(14)6-4-11/h3-6,10H,7-9,15H2,1-2H3. The number of rotatable bonds is 5. The van der Waals surface area contributed by atoms with Gasteiger partial charge in [0.15, 0.2) is 0 Å². The molecule has 2 N–H and O–H groups in total. The van der Waals surface area contributed by atoms with Crippen LogP contribution in [0.2, 0.25) is 5.02 Å². The highest BCUT2D eigenvalue weighted by molar-refractivity contribution is 6.30. The van der Waals surface area contributed by atoms with Crippen molar-refractivity contribution < 1.29 is 4.79 Å². The highest BCUT2D eigenvalue weighted by Gasteiger charge is 2.16. The van der Waals surface area contributed by atoms with Gasteiger partial charge < -0.3 is 10.6 Å². The molecule has 1 rings (SSSR count). The van der Waals surface area contributed by atoms with E-state index in [0.717, 1.165) is 5.56 Å². The molecule has 0 saturated heterocycles. The number of halogens is 1. The number of nitrogens with two attached hydrogens (primary N) is 1. The summed E-state index contributed by atoms with van der Waals surface area (Å²) in [5, 5.41) is 0.684. The van der Waals surface area contributed by atoms with Crippen LogP contribution in [0.1, 0.15) is 19.4 Å². The Kier molecular flexibility index (Phi) is 5.45. The van der Waals surface area contributed by atoms with E-state index < -0.39 is 0 Å². The van der Waals surface area contributed by atoms with Crippen LogP contribution >= 0.6 is 11.6 Å². The van der Waals surface area contributed by atoms with Crippen molar-refractivity contribution in [2.45, 2.75) is 26.3 Å². The van der Waals surface area contributed by atoms with Gasteiger partial charge in [0, 0.05) is 24.2 Å². The maximum absolute atomic E-state index is 12.1. The summed E-state index contributed by atoms with van der Waals surface area (Å²) in [6.07, 6.45) is 0.398. The van der Waals surface area contributed by atoms with Crippen molar-refractivity contribution in [1.82, 2.24) is 4.90 Å². The molecule has 1 aromatic rings. The van der Waals surface area contributed by atoms with E-state index >= 15 is 0 Å². The molecule has 0 aliphatic heterocycles. The van der Waals surface area contributed by atoms with Gasteiger partial charge in [0.25, 0.3) is 0 Å². The number of hydrogen-bond donors (Lipinski definition) is 1. The monoisotopic (exact) mass is 254 g/mol. The second kappa shape index (κ2) is 6.62. The first kappa shape index (κ1) is 14.0. The average molecular weight is 255 g/mol. The Morgan fingerprint density at radius 3 is 2.41 bits per heavy atom. The van der Waals surface area contributed by atoms with Crippen LogP contribution < -0.4 is 5.73 Å². The molecule has 0 fully saturated rings. The Labute approximate surface area is 108 Å². The number of carbonyl (C=O) groups is 1. The lowest BCUT2D eigenvalue weighted by Gasteiger charge is -2.26. The minimum absolute atomic E-state index is 0.104. The molecule has 0 radical (unpaired) electrons. The largest absolute Gasteiger partial charge is 0.339 e. The van der Waals surface area contributed by atoms with Gasteiger partial charge in [0.2, 0.25) is 5.91 Å². The lowest BCUT2D eigenvalue weighted by atomic mass is 10.1. The van der Waals surface area contributed by atoms with Crippen LogP contribution in [-0.2, 0) is 11.2 Å². The van der Waals surface area contributed by atoms with Crippen molar-refractivity contribution in [3.8, 4) is 0 Å². The third kappa shape index (κ3) is 4.36. The normalized spacial score (nSPS) is 10.6. The van der Waals surface area contributed by atoms with Crippen LogP contribution in [0.15, 0.2) is 24.3 Å². The predicted octanol–water partition coefficient (Wildman–Crippen LogP) is 2.08. The molecule has 17 heavy (non-hydrogen) atoms. The van der Waals surface area contributed by atoms with E-state index in [1.165, 1.54) is 0 Å². The quantitative estimate of drug-likeness (QED) is 0.875. The number of amides is 1. The van der Waals surface area contributed by atoms with Crippen LogP contribution in [0.3, 0.4) is 0 Å². The van der Waals surface area contributed by atoms with E-state index in [4.69, 9.17) is 17.3 Å². The number of hydrogen-bond acceptors (Lipinski definition) is 2. The van der Waals surface area contributed by atoms with Crippen LogP contribution in [0.4, 0.5) is 0 Å². The third-order valence-corrected chi connectivity index (χ3v) is 2.83. The minimum atomic E-state index is 0.104. The molecule has 0 aliphatic carbocycles. The molecule has 0 aromatic heterocycles. The Morgan fingerprint density at radius 2 is 1.94 bits per heavy atom. The summed E-state index contributed by atoms with van der Waals surface area (Å²) in [7, 11) is 0. The molecule has 0 unspecified atom stereocenters. The summed E-state index contributed by atoms with van der Waals surface area (Å²) in [6, 6.07) is 7.53. The average Bonchev–Trinajstić information content (AvgIpc) is 2.28. The highest BCUT2D eigenvalue weighted by atomic mass is 35.5. The molecule has 1 amide bonds. The van der Waals surface area contributed by atoms with Gasteiger partial charge in [0.1, 0.15) is 0 Å².